The molecule has 5 heteroatoms. The van der Waals surface area contributed by atoms with Crippen LogP contribution in [0.2, 0.25) is 0 Å². The van der Waals surface area contributed by atoms with Crippen LogP contribution in [0.3, 0.4) is 0 Å². The van der Waals surface area contributed by atoms with Gasteiger partial charge in [-0.05, 0) is 38.1 Å². The number of hydrogen-bond donors (Lipinski definition) is 1. The van der Waals surface area contributed by atoms with Gasteiger partial charge in [-0.15, -0.1) is 0 Å². The molecule has 0 saturated heterocycles. The quantitative estimate of drug-likeness (QED) is 0.757. The van der Waals surface area contributed by atoms with Crippen LogP contribution < -0.4 is 5.32 Å². The van der Waals surface area contributed by atoms with Crippen LogP contribution in [0.15, 0.2) is 41.1 Å². The van der Waals surface area contributed by atoms with E-state index in [2.05, 4.69) is 39.5 Å². The van der Waals surface area contributed by atoms with Crippen LogP contribution in [0.5, 0.6) is 0 Å². The monoisotopic (exact) mass is 296 g/mol. The Labute approximate surface area is 129 Å². The van der Waals surface area contributed by atoms with E-state index in [1.807, 2.05) is 31.4 Å². The Morgan fingerprint density at radius 1 is 1.18 bits per heavy atom. The van der Waals surface area contributed by atoms with Gasteiger partial charge in [-0.2, -0.15) is 4.98 Å². The minimum absolute atomic E-state index is 0.342. The van der Waals surface area contributed by atoms with Gasteiger partial charge < -0.3 is 9.84 Å². The Kier molecular flexibility index (Phi) is 4.44. The normalized spacial score (nSPS) is 12.6. The van der Waals surface area contributed by atoms with Gasteiger partial charge in [0.1, 0.15) is 0 Å². The van der Waals surface area contributed by atoms with Crippen molar-refractivity contribution in [2.75, 3.05) is 7.05 Å². The number of rotatable bonds is 6. The Morgan fingerprint density at radius 2 is 2.05 bits per heavy atom. The summed E-state index contributed by atoms with van der Waals surface area (Å²) in [5.74, 6) is 1.45. The molecule has 0 amide bonds. The van der Waals surface area contributed by atoms with Crippen LogP contribution in [0.4, 0.5) is 0 Å². The zero-order chi connectivity index (χ0) is 15.4. The van der Waals surface area contributed by atoms with E-state index >= 15 is 0 Å². The zero-order valence-electron chi connectivity index (χ0n) is 12.9. The van der Waals surface area contributed by atoms with E-state index in [-0.39, 0.29) is 0 Å². The number of fused-ring (bicyclic) bond motifs is 1. The molecule has 0 aliphatic heterocycles. The third-order valence-corrected chi connectivity index (χ3v) is 3.84. The lowest BCUT2D eigenvalue weighted by Gasteiger charge is -2.05. The molecule has 0 aliphatic carbocycles. The zero-order valence-corrected chi connectivity index (χ0v) is 12.9. The van der Waals surface area contributed by atoms with Crippen molar-refractivity contribution in [1.29, 1.82) is 0 Å². The highest BCUT2D eigenvalue weighted by molar-refractivity contribution is 5.81. The molecule has 1 N–H and O–H groups in total. The number of benzene rings is 1. The number of hydrogen-bond acceptors (Lipinski definition) is 5. The van der Waals surface area contributed by atoms with Gasteiger partial charge in [0.05, 0.1) is 5.52 Å². The summed E-state index contributed by atoms with van der Waals surface area (Å²) in [5.41, 5.74) is 2.28. The van der Waals surface area contributed by atoms with E-state index < -0.39 is 0 Å². The van der Waals surface area contributed by atoms with Gasteiger partial charge >= 0.3 is 0 Å². The lowest BCUT2D eigenvalue weighted by molar-refractivity contribution is 0.371. The summed E-state index contributed by atoms with van der Waals surface area (Å²) in [4.78, 5) is 8.84. The molecule has 2 heterocycles. The van der Waals surface area contributed by atoms with Crippen molar-refractivity contribution in [2.45, 2.75) is 32.2 Å². The van der Waals surface area contributed by atoms with Crippen molar-refractivity contribution in [3.8, 4) is 0 Å². The second-order valence-corrected chi connectivity index (χ2v) is 5.49. The van der Waals surface area contributed by atoms with Crippen LogP contribution in [-0.2, 0) is 19.3 Å². The molecular weight excluding hydrogens is 276 g/mol. The third-order valence-electron chi connectivity index (χ3n) is 3.84. The highest BCUT2D eigenvalue weighted by Crippen LogP contribution is 2.17. The lowest BCUT2D eigenvalue weighted by Crippen LogP contribution is -2.24. The summed E-state index contributed by atoms with van der Waals surface area (Å²) < 4.78 is 5.34. The largest absolute Gasteiger partial charge is 0.339 e. The topological polar surface area (TPSA) is 63.8 Å². The van der Waals surface area contributed by atoms with Crippen molar-refractivity contribution in [2.24, 2.45) is 0 Å². The number of aromatic nitrogens is 3. The number of likely N-dealkylation sites (N-methyl/N-ethyl adjacent to an activating group) is 1. The molecule has 0 spiro atoms. The highest BCUT2D eigenvalue weighted by Gasteiger charge is 2.10. The summed E-state index contributed by atoms with van der Waals surface area (Å²) in [6.07, 6.45) is 4.24. The summed E-state index contributed by atoms with van der Waals surface area (Å²) in [6.45, 7) is 2.10. The molecule has 5 nitrogen and oxygen atoms in total. The van der Waals surface area contributed by atoms with E-state index in [9.17, 15) is 0 Å². The smallest absolute Gasteiger partial charge is 0.226 e. The van der Waals surface area contributed by atoms with Crippen molar-refractivity contribution in [3.05, 3.63) is 53.8 Å². The predicted molar refractivity (Wildman–Crippen MR) is 85.7 cm³/mol. The molecule has 0 radical (unpaired) electrons. The maximum atomic E-state index is 5.34. The fourth-order valence-electron chi connectivity index (χ4n) is 2.47. The Balaban J connectivity index is 1.69. The minimum atomic E-state index is 0.342. The van der Waals surface area contributed by atoms with Gasteiger partial charge in [0, 0.05) is 30.5 Å². The van der Waals surface area contributed by atoms with Gasteiger partial charge in [0.2, 0.25) is 5.89 Å². The molecule has 1 atom stereocenters. The van der Waals surface area contributed by atoms with Gasteiger partial charge in [-0.3, -0.25) is 4.98 Å². The molecule has 3 rings (SSSR count). The van der Waals surface area contributed by atoms with Gasteiger partial charge in [0.25, 0.3) is 0 Å². The first-order valence-electron chi connectivity index (χ1n) is 7.57. The van der Waals surface area contributed by atoms with E-state index in [1.54, 1.807) is 0 Å². The maximum Gasteiger partial charge on any atom is 0.226 e. The molecule has 22 heavy (non-hydrogen) atoms. The number of para-hydroxylation sites is 1. The van der Waals surface area contributed by atoms with Crippen LogP contribution in [0, 0.1) is 0 Å². The second-order valence-electron chi connectivity index (χ2n) is 5.49. The summed E-state index contributed by atoms with van der Waals surface area (Å²) in [5, 5.41) is 8.40. The van der Waals surface area contributed by atoms with Crippen molar-refractivity contribution >= 4 is 10.9 Å². The van der Waals surface area contributed by atoms with E-state index in [4.69, 9.17) is 4.52 Å². The number of nitrogens with one attached hydrogen (secondary N) is 1. The van der Waals surface area contributed by atoms with Crippen LogP contribution in [0.25, 0.3) is 10.9 Å². The number of pyridine rings is 1. The van der Waals surface area contributed by atoms with E-state index in [0.717, 1.165) is 30.6 Å². The van der Waals surface area contributed by atoms with Crippen LogP contribution >= 0.6 is 0 Å². The first-order valence-corrected chi connectivity index (χ1v) is 7.57. The maximum absolute atomic E-state index is 5.34. The Morgan fingerprint density at radius 3 is 2.91 bits per heavy atom. The van der Waals surface area contributed by atoms with E-state index in [0.29, 0.717) is 11.9 Å². The van der Waals surface area contributed by atoms with Crippen LogP contribution in [-0.4, -0.2) is 28.2 Å². The first-order chi connectivity index (χ1) is 10.8. The molecule has 2 aromatic heterocycles. The Hall–Kier alpha value is -2.27. The molecule has 0 fully saturated rings. The van der Waals surface area contributed by atoms with E-state index in [1.165, 1.54) is 10.9 Å². The standard InChI is InChI=1S/C17H20N4O/c1-12(18-2)11-16-20-17(22-21-16)8-7-13-9-10-19-15-6-4-3-5-14(13)15/h3-6,9-10,12,18H,7-8,11H2,1-2H3. The first kappa shape index (κ1) is 14.7. The average Bonchev–Trinajstić information content (AvgIpc) is 3.00. The van der Waals surface area contributed by atoms with Gasteiger partial charge in [-0.25, -0.2) is 0 Å². The molecule has 0 bridgehead atoms. The SMILES string of the molecule is CNC(C)Cc1noc(CCc2ccnc3ccccc23)n1. The number of aryl methyl sites for hydroxylation is 2. The fourth-order valence-corrected chi connectivity index (χ4v) is 2.47. The number of nitrogens with zero attached hydrogens (tertiary/aromatic N) is 3. The van der Waals surface area contributed by atoms with Crippen LogP contribution in [0.1, 0.15) is 24.2 Å². The summed E-state index contributed by atoms with van der Waals surface area (Å²) in [7, 11) is 1.93. The van der Waals surface area contributed by atoms with Crippen molar-refractivity contribution in [1.82, 2.24) is 20.4 Å². The molecule has 3 aromatic rings. The average molecular weight is 296 g/mol. The molecule has 1 unspecified atom stereocenters. The molecule has 0 saturated carbocycles. The molecule has 0 aliphatic rings. The minimum Gasteiger partial charge on any atom is -0.339 e. The molecular formula is C17H20N4O. The summed E-state index contributed by atoms with van der Waals surface area (Å²) >= 11 is 0. The highest BCUT2D eigenvalue weighted by atomic mass is 16.5. The third kappa shape index (κ3) is 3.31. The lowest BCUT2D eigenvalue weighted by atomic mass is 10.0. The second kappa shape index (κ2) is 6.66. The molecule has 114 valence electrons. The van der Waals surface area contributed by atoms with Crippen molar-refractivity contribution < 1.29 is 4.52 Å². The van der Waals surface area contributed by atoms with Gasteiger partial charge in [0.15, 0.2) is 5.82 Å². The predicted octanol–water partition coefficient (Wildman–Crippen LogP) is 2.55. The fraction of sp³-hybridized carbons (Fsp3) is 0.353. The summed E-state index contributed by atoms with van der Waals surface area (Å²) in [6, 6.07) is 10.6. The van der Waals surface area contributed by atoms with Crippen molar-refractivity contribution in [3.63, 3.8) is 0 Å². The van der Waals surface area contributed by atoms with Gasteiger partial charge in [-0.1, -0.05) is 23.4 Å². The Bertz CT molecular complexity index is 748. The molecule has 1 aromatic carbocycles.